The van der Waals surface area contributed by atoms with Crippen molar-refractivity contribution in [1.29, 1.82) is 0 Å². The van der Waals surface area contributed by atoms with E-state index in [-0.39, 0.29) is 0 Å². The molecule has 0 aliphatic heterocycles. The largest absolute Gasteiger partial charge is 0.497 e. The molecular formula is C18H17N5OS3. The molecule has 9 heteroatoms. The molecule has 3 heterocycles. The summed E-state index contributed by atoms with van der Waals surface area (Å²) >= 11 is 4.76. The van der Waals surface area contributed by atoms with Crippen LogP contribution in [0.25, 0.3) is 10.2 Å². The minimum atomic E-state index is 0.684. The predicted octanol–water partition coefficient (Wildman–Crippen LogP) is 4.93. The van der Waals surface area contributed by atoms with Gasteiger partial charge in [0.25, 0.3) is 0 Å². The van der Waals surface area contributed by atoms with Crippen LogP contribution in [0.1, 0.15) is 16.0 Å². The molecule has 0 amide bonds. The van der Waals surface area contributed by atoms with Crippen molar-refractivity contribution in [3.8, 4) is 5.75 Å². The zero-order chi connectivity index (χ0) is 18.8. The first kappa shape index (κ1) is 18.1. The Balaban J connectivity index is 1.47. The summed E-state index contributed by atoms with van der Waals surface area (Å²) in [6.45, 7) is 4.91. The van der Waals surface area contributed by atoms with Gasteiger partial charge in [-0.1, -0.05) is 23.5 Å². The summed E-state index contributed by atoms with van der Waals surface area (Å²) in [6, 6.07) is 7.96. The molecule has 0 atom stereocenters. The third kappa shape index (κ3) is 3.90. The first-order valence-corrected chi connectivity index (χ1v) is 10.7. The number of nitrogens with zero attached hydrogens (tertiary/aromatic N) is 4. The van der Waals surface area contributed by atoms with Gasteiger partial charge in [-0.2, -0.15) is 0 Å². The number of aromatic nitrogens is 4. The summed E-state index contributed by atoms with van der Waals surface area (Å²) in [4.78, 5) is 11.1. The van der Waals surface area contributed by atoms with Crippen molar-refractivity contribution in [2.24, 2.45) is 0 Å². The maximum absolute atomic E-state index is 5.18. The minimum Gasteiger partial charge on any atom is -0.497 e. The maximum Gasteiger partial charge on any atom is 0.206 e. The van der Waals surface area contributed by atoms with Crippen molar-refractivity contribution in [3.63, 3.8) is 0 Å². The van der Waals surface area contributed by atoms with E-state index in [4.69, 9.17) is 4.74 Å². The first-order valence-electron chi connectivity index (χ1n) is 8.23. The molecule has 0 saturated carbocycles. The standard InChI is InChI=1S/C18H17N5OS3/c1-10-11(2)25-15-14(10)16(21-9-20-15)26-18-23-22-17(27-18)19-8-12-4-6-13(24-3)7-5-12/h4-7,9H,8H2,1-3H3,(H,19,22). The highest BCUT2D eigenvalue weighted by atomic mass is 32.2. The highest BCUT2D eigenvalue weighted by Gasteiger charge is 2.15. The molecule has 3 aromatic heterocycles. The number of thiophene rings is 1. The van der Waals surface area contributed by atoms with Crippen LogP contribution in [0.15, 0.2) is 40.0 Å². The van der Waals surface area contributed by atoms with Gasteiger partial charge in [0.15, 0.2) is 4.34 Å². The number of hydrogen-bond acceptors (Lipinski definition) is 9. The summed E-state index contributed by atoms with van der Waals surface area (Å²) < 4.78 is 6.04. The third-order valence-corrected chi connectivity index (χ3v) is 7.17. The van der Waals surface area contributed by atoms with Gasteiger partial charge in [-0.05, 0) is 48.9 Å². The van der Waals surface area contributed by atoms with E-state index in [0.717, 1.165) is 36.0 Å². The molecule has 0 spiro atoms. The van der Waals surface area contributed by atoms with Crippen LogP contribution in [0, 0.1) is 13.8 Å². The number of methoxy groups -OCH3 is 1. The molecule has 0 aliphatic carbocycles. The number of ether oxygens (including phenoxy) is 1. The van der Waals surface area contributed by atoms with Crippen LogP contribution < -0.4 is 10.1 Å². The fourth-order valence-electron chi connectivity index (χ4n) is 2.55. The number of hydrogen-bond donors (Lipinski definition) is 1. The molecule has 4 rings (SSSR count). The highest BCUT2D eigenvalue weighted by Crippen LogP contribution is 2.38. The topological polar surface area (TPSA) is 72.8 Å². The van der Waals surface area contributed by atoms with Crippen molar-refractivity contribution in [1.82, 2.24) is 20.2 Å². The van der Waals surface area contributed by atoms with E-state index in [1.807, 2.05) is 24.3 Å². The van der Waals surface area contributed by atoms with Gasteiger partial charge in [0.2, 0.25) is 5.13 Å². The fourth-order valence-corrected chi connectivity index (χ4v) is 5.43. The molecule has 1 aromatic carbocycles. The van der Waals surface area contributed by atoms with Crippen LogP contribution >= 0.6 is 34.4 Å². The number of fused-ring (bicyclic) bond motifs is 1. The summed E-state index contributed by atoms with van der Waals surface area (Å²) in [7, 11) is 1.66. The van der Waals surface area contributed by atoms with E-state index >= 15 is 0 Å². The van der Waals surface area contributed by atoms with Gasteiger partial charge >= 0.3 is 0 Å². The predicted molar refractivity (Wildman–Crippen MR) is 111 cm³/mol. The van der Waals surface area contributed by atoms with Crippen LogP contribution in [0.3, 0.4) is 0 Å². The lowest BCUT2D eigenvalue weighted by atomic mass is 10.2. The monoisotopic (exact) mass is 415 g/mol. The van der Waals surface area contributed by atoms with Crippen LogP contribution in [-0.4, -0.2) is 27.3 Å². The van der Waals surface area contributed by atoms with E-state index in [0.29, 0.717) is 6.54 Å². The van der Waals surface area contributed by atoms with E-state index < -0.39 is 0 Å². The summed E-state index contributed by atoms with van der Waals surface area (Å²) in [5, 5.41) is 14.7. The average molecular weight is 416 g/mol. The second kappa shape index (κ2) is 7.79. The fraction of sp³-hybridized carbons (Fsp3) is 0.222. The average Bonchev–Trinajstić information content (AvgIpc) is 3.25. The Bertz CT molecular complexity index is 1070. The summed E-state index contributed by atoms with van der Waals surface area (Å²) in [5.41, 5.74) is 2.39. The number of aryl methyl sites for hydroxylation is 2. The Labute approximate surface area is 169 Å². The van der Waals surface area contributed by atoms with Gasteiger partial charge in [0.1, 0.15) is 21.9 Å². The minimum absolute atomic E-state index is 0.684. The lowest BCUT2D eigenvalue weighted by Gasteiger charge is -2.04. The van der Waals surface area contributed by atoms with Crippen molar-refractivity contribution in [2.75, 3.05) is 12.4 Å². The van der Waals surface area contributed by atoms with E-state index in [1.54, 1.807) is 24.8 Å². The molecule has 6 nitrogen and oxygen atoms in total. The van der Waals surface area contributed by atoms with Crippen molar-refractivity contribution in [2.45, 2.75) is 29.8 Å². The Morgan fingerprint density at radius 3 is 2.67 bits per heavy atom. The molecule has 0 fully saturated rings. The smallest absolute Gasteiger partial charge is 0.206 e. The lowest BCUT2D eigenvalue weighted by molar-refractivity contribution is 0.414. The SMILES string of the molecule is COc1ccc(CNc2nnc(Sc3ncnc4sc(C)c(C)c34)s2)cc1. The molecule has 4 aromatic rings. The van der Waals surface area contributed by atoms with Gasteiger partial charge in [0, 0.05) is 16.8 Å². The second-order valence-electron chi connectivity index (χ2n) is 5.82. The molecule has 0 bridgehead atoms. The summed E-state index contributed by atoms with van der Waals surface area (Å²) in [6.07, 6.45) is 1.62. The van der Waals surface area contributed by atoms with Crippen molar-refractivity contribution < 1.29 is 4.74 Å². The Morgan fingerprint density at radius 2 is 1.89 bits per heavy atom. The molecule has 27 heavy (non-hydrogen) atoms. The third-order valence-electron chi connectivity index (χ3n) is 4.12. The Hall–Kier alpha value is -2.23. The molecule has 0 unspecified atom stereocenters. The van der Waals surface area contributed by atoms with Gasteiger partial charge in [0.05, 0.1) is 7.11 Å². The Morgan fingerprint density at radius 1 is 1.07 bits per heavy atom. The van der Waals surface area contributed by atoms with Gasteiger partial charge in [-0.25, -0.2) is 9.97 Å². The van der Waals surface area contributed by atoms with Gasteiger partial charge in [-0.3, -0.25) is 0 Å². The number of anilines is 1. The molecule has 1 N–H and O–H groups in total. The molecule has 0 radical (unpaired) electrons. The normalized spacial score (nSPS) is 11.1. The van der Waals surface area contributed by atoms with Gasteiger partial charge in [-0.15, -0.1) is 21.5 Å². The van der Waals surface area contributed by atoms with Gasteiger partial charge < -0.3 is 10.1 Å². The first-order chi connectivity index (χ1) is 13.1. The molecule has 0 saturated heterocycles. The highest BCUT2D eigenvalue weighted by molar-refractivity contribution is 8.01. The van der Waals surface area contributed by atoms with E-state index in [1.165, 1.54) is 33.5 Å². The number of benzene rings is 1. The second-order valence-corrected chi connectivity index (χ2v) is 9.24. The van der Waals surface area contributed by atoms with E-state index in [9.17, 15) is 0 Å². The summed E-state index contributed by atoms with van der Waals surface area (Å²) in [5.74, 6) is 0.850. The Kier molecular flexibility index (Phi) is 5.24. The number of rotatable bonds is 6. The molecular weight excluding hydrogens is 398 g/mol. The lowest BCUT2D eigenvalue weighted by Crippen LogP contribution is -1.98. The van der Waals surface area contributed by atoms with Crippen molar-refractivity contribution in [3.05, 3.63) is 46.6 Å². The zero-order valence-electron chi connectivity index (χ0n) is 15.0. The maximum atomic E-state index is 5.18. The van der Waals surface area contributed by atoms with Crippen LogP contribution in [0.4, 0.5) is 5.13 Å². The molecule has 0 aliphatic rings. The van der Waals surface area contributed by atoms with Crippen LogP contribution in [0.2, 0.25) is 0 Å². The van der Waals surface area contributed by atoms with Crippen LogP contribution in [-0.2, 0) is 6.54 Å². The number of nitrogens with one attached hydrogen (secondary N) is 1. The molecule has 138 valence electrons. The quantitative estimate of drug-likeness (QED) is 0.448. The van der Waals surface area contributed by atoms with Crippen LogP contribution in [0.5, 0.6) is 5.75 Å². The van der Waals surface area contributed by atoms with Crippen molar-refractivity contribution >= 4 is 49.8 Å². The zero-order valence-corrected chi connectivity index (χ0v) is 17.5. The van der Waals surface area contributed by atoms with E-state index in [2.05, 4.69) is 39.3 Å².